The maximum Gasteiger partial charge on any atom is 0.307 e. The number of hydrogen-bond donors (Lipinski definition) is 0. The van der Waals surface area contributed by atoms with Crippen molar-refractivity contribution in [3.05, 3.63) is 5.82 Å². The highest BCUT2D eigenvalue weighted by atomic mass is 16.5. The van der Waals surface area contributed by atoms with Gasteiger partial charge in [-0.05, 0) is 43.3 Å². The van der Waals surface area contributed by atoms with E-state index in [4.69, 9.17) is 9.47 Å². The average molecular weight is 366 g/mol. The number of ether oxygens (including phenoxy) is 2. The first-order valence-corrected chi connectivity index (χ1v) is 9.17. The lowest BCUT2D eigenvalue weighted by atomic mass is 10.1. The van der Waals surface area contributed by atoms with Crippen LogP contribution in [-0.4, -0.2) is 87.4 Å². The van der Waals surface area contributed by atoms with Crippen LogP contribution >= 0.6 is 0 Å². The number of esters is 1. The van der Waals surface area contributed by atoms with Crippen molar-refractivity contribution in [2.45, 2.75) is 45.3 Å². The SMILES string of the molecule is CCOC(=O)CC1COCCN1C(=O)Cn1nnnc1CN1CCCC1. The zero-order valence-electron chi connectivity index (χ0n) is 15.2. The van der Waals surface area contributed by atoms with Gasteiger partial charge in [-0.15, -0.1) is 5.10 Å². The predicted molar refractivity (Wildman–Crippen MR) is 89.9 cm³/mol. The lowest BCUT2D eigenvalue weighted by molar-refractivity contribution is -0.150. The van der Waals surface area contributed by atoms with Crippen molar-refractivity contribution in [2.75, 3.05) is 39.5 Å². The zero-order valence-corrected chi connectivity index (χ0v) is 15.2. The van der Waals surface area contributed by atoms with Gasteiger partial charge in [-0.2, -0.15) is 0 Å². The molecule has 1 aromatic rings. The first-order chi connectivity index (χ1) is 12.7. The highest BCUT2D eigenvalue weighted by Gasteiger charge is 2.30. The highest BCUT2D eigenvalue weighted by molar-refractivity contribution is 5.78. The molecular formula is C16H26N6O4. The van der Waals surface area contributed by atoms with E-state index < -0.39 is 0 Å². The van der Waals surface area contributed by atoms with Crippen molar-refractivity contribution in [1.82, 2.24) is 30.0 Å². The van der Waals surface area contributed by atoms with Gasteiger partial charge < -0.3 is 14.4 Å². The molecule has 26 heavy (non-hydrogen) atoms. The Labute approximate surface area is 152 Å². The third-order valence-corrected chi connectivity index (χ3v) is 4.71. The second kappa shape index (κ2) is 9.04. The van der Waals surface area contributed by atoms with Crippen LogP contribution in [0.3, 0.4) is 0 Å². The average Bonchev–Trinajstić information content (AvgIpc) is 3.28. The summed E-state index contributed by atoms with van der Waals surface area (Å²) in [6.45, 7) is 6.11. The van der Waals surface area contributed by atoms with Crippen LogP contribution in [-0.2, 0) is 32.2 Å². The standard InChI is InChI=1S/C16H26N6O4/c1-2-26-16(24)9-13-12-25-8-7-21(13)15(23)11-22-14(17-18-19-22)10-20-5-3-4-6-20/h13H,2-12H2,1H3. The fourth-order valence-electron chi connectivity index (χ4n) is 3.38. The van der Waals surface area contributed by atoms with Gasteiger partial charge in [-0.3, -0.25) is 14.5 Å². The van der Waals surface area contributed by atoms with Gasteiger partial charge in [-0.25, -0.2) is 4.68 Å². The van der Waals surface area contributed by atoms with E-state index in [1.54, 1.807) is 16.5 Å². The molecule has 2 saturated heterocycles. The number of aromatic nitrogens is 4. The Hall–Kier alpha value is -2.07. The second-order valence-electron chi connectivity index (χ2n) is 6.56. The third-order valence-electron chi connectivity index (χ3n) is 4.71. The maximum atomic E-state index is 12.8. The molecule has 1 amide bonds. The van der Waals surface area contributed by atoms with E-state index >= 15 is 0 Å². The second-order valence-corrected chi connectivity index (χ2v) is 6.56. The molecule has 0 saturated carbocycles. The van der Waals surface area contributed by atoms with E-state index in [1.165, 1.54) is 12.8 Å². The molecule has 1 atom stereocenters. The maximum absolute atomic E-state index is 12.8. The summed E-state index contributed by atoms with van der Waals surface area (Å²) in [5.74, 6) is 0.256. The van der Waals surface area contributed by atoms with Crippen molar-refractivity contribution < 1.29 is 19.1 Å². The predicted octanol–water partition coefficient (Wildman–Crippen LogP) is -0.550. The quantitative estimate of drug-likeness (QED) is 0.592. The molecule has 1 aromatic heterocycles. The van der Waals surface area contributed by atoms with E-state index in [0.717, 1.165) is 13.1 Å². The summed E-state index contributed by atoms with van der Waals surface area (Å²) in [4.78, 5) is 28.5. The Morgan fingerprint density at radius 3 is 2.85 bits per heavy atom. The van der Waals surface area contributed by atoms with Crippen LogP contribution in [0.15, 0.2) is 0 Å². The molecule has 2 aliphatic heterocycles. The van der Waals surface area contributed by atoms with Crippen LogP contribution in [0.5, 0.6) is 0 Å². The number of carbonyl (C=O) groups is 2. The van der Waals surface area contributed by atoms with Gasteiger partial charge in [0, 0.05) is 6.54 Å². The number of amides is 1. The van der Waals surface area contributed by atoms with Crippen molar-refractivity contribution in [3.8, 4) is 0 Å². The van der Waals surface area contributed by atoms with Gasteiger partial charge in [0.15, 0.2) is 5.82 Å². The summed E-state index contributed by atoms with van der Waals surface area (Å²) in [6.07, 6.45) is 2.50. The molecule has 144 valence electrons. The molecule has 0 spiro atoms. The van der Waals surface area contributed by atoms with E-state index in [0.29, 0.717) is 38.7 Å². The number of likely N-dealkylation sites (tertiary alicyclic amines) is 1. The van der Waals surface area contributed by atoms with Crippen molar-refractivity contribution >= 4 is 11.9 Å². The normalized spacial score (nSPS) is 21.1. The first-order valence-electron chi connectivity index (χ1n) is 9.17. The Balaban J connectivity index is 1.60. The van der Waals surface area contributed by atoms with Gasteiger partial charge in [0.25, 0.3) is 0 Å². The molecule has 2 fully saturated rings. The Morgan fingerprint density at radius 1 is 1.27 bits per heavy atom. The number of carbonyl (C=O) groups excluding carboxylic acids is 2. The van der Waals surface area contributed by atoms with Crippen LogP contribution in [0.25, 0.3) is 0 Å². The van der Waals surface area contributed by atoms with Crippen LogP contribution in [0.1, 0.15) is 32.0 Å². The van der Waals surface area contributed by atoms with Gasteiger partial charge in [0.05, 0.1) is 38.8 Å². The number of hydrogen-bond acceptors (Lipinski definition) is 8. The van der Waals surface area contributed by atoms with Crippen LogP contribution in [0.2, 0.25) is 0 Å². The molecule has 0 bridgehead atoms. The van der Waals surface area contributed by atoms with Crippen molar-refractivity contribution in [2.24, 2.45) is 0 Å². The fraction of sp³-hybridized carbons (Fsp3) is 0.812. The van der Waals surface area contributed by atoms with Crippen molar-refractivity contribution in [3.63, 3.8) is 0 Å². The molecule has 0 aromatic carbocycles. The first kappa shape index (κ1) is 18.7. The van der Waals surface area contributed by atoms with Gasteiger partial charge in [0.2, 0.25) is 5.91 Å². The van der Waals surface area contributed by atoms with Crippen LogP contribution in [0.4, 0.5) is 0 Å². The van der Waals surface area contributed by atoms with Gasteiger partial charge >= 0.3 is 5.97 Å². The molecule has 10 nitrogen and oxygen atoms in total. The van der Waals surface area contributed by atoms with Crippen LogP contribution in [0, 0.1) is 0 Å². The summed E-state index contributed by atoms with van der Waals surface area (Å²) in [6, 6.07) is -0.311. The van der Waals surface area contributed by atoms with E-state index in [9.17, 15) is 9.59 Å². The molecule has 0 radical (unpaired) electrons. The summed E-state index contributed by atoms with van der Waals surface area (Å²) in [5, 5.41) is 11.7. The van der Waals surface area contributed by atoms with Crippen molar-refractivity contribution in [1.29, 1.82) is 0 Å². The van der Waals surface area contributed by atoms with Gasteiger partial charge in [0.1, 0.15) is 6.54 Å². The Bertz CT molecular complexity index is 616. The molecule has 2 aliphatic rings. The summed E-state index contributed by atoms with van der Waals surface area (Å²) < 4.78 is 12.0. The lowest BCUT2D eigenvalue weighted by Gasteiger charge is -2.35. The Morgan fingerprint density at radius 2 is 2.08 bits per heavy atom. The number of nitrogens with zero attached hydrogens (tertiary/aromatic N) is 6. The van der Waals surface area contributed by atoms with Gasteiger partial charge in [-0.1, -0.05) is 0 Å². The van der Waals surface area contributed by atoms with E-state index in [2.05, 4.69) is 20.4 Å². The zero-order chi connectivity index (χ0) is 18.4. The molecule has 0 N–H and O–H groups in total. The minimum Gasteiger partial charge on any atom is -0.466 e. The third kappa shape index (κ3) is 4.76. The number of rotatable bonds is 7. The molecule has 3 rings (SSSR count). The number of tetrazole rings is 1. The minimum atomic E-state index is -0.321. The van der Waals surface area contributed by atoms with Crippen LogP contribution < -0.4 is 0 Å². The topological polar surface area (TPSA) is 103 Å². The smallest absolute Gasteiger partial charge is 0.307 e. The molecular weight excluding hydrogens is 340 g/mol. The lowest BCUT2D eigenvalue weighted by Crippen LogP contribution is -2.50. The summed E-state index contributed by atoms with van der Waals surface area (Å²) in [5.41, 5.74) is 0. The Kier molecular flexibility index (Phi) is 6.51. The monoisotopic (exact) mass is 366 g/mol. The fourth-order valence-corrected chi connectivity index (χ4v) is 3.38. The molecule has 3 heterocycles. The minimum absolute atomic E-state index is 0.0650. The summed E-state index contributed by atoms with van der Waals surface area (Å²) in [7, 11) is 0. The van der Waals surface area contributed by atoms with E-state index in [-0.39, 0.29) is 30.9 Å². The molecule has 0 aliphatic carbocycles. The summed E-state index contributed by atoms with van der Waals surface area (Å²) >= 11 is 0. The number of morpholine rings is 1. The largest absolute Gasteiger partial charge is 0.466 e. The molecule has 10 heteroatoms. The van der Waals surface area contributed by atoms with E-state index in [1.807, 2.05) is 0 Å². The molecule has 1 unspecified atom stereocenters. The highest BCUT2D eigenvalue weighted by Crippen LogP contribution is 2.14.